The van der Waals surface area contributed by atoms with Gasteiger partial charge in [0.1, 0.15) is 5.82 Å². The summed E-state index contributed by atoms with van der Waals surface area (Å²) in [5.41, 5.74) is 0. The summed E-state index contributed by atoms with van der Waals surface area (Å²) in [4.78, 5) is 3.98. The minimum Gasteiger partial charge on any atom is -0.391 e. The summed E-state index contributed by atoms with van der Waals surface area (Å²) in [6.07, 6.45) is 0.427. The molecular formula is C7H11ClN2OS. The van der Waals surface area contributed by atoms with Crippen molar-refractivity contribution in [1.29, 1.82) is 0 Å². The Morgan fingerprint density at radius 1 is 1.83 bits per heavy atom. The van der Waals surface area contributed by atoms with Crippen LogP contribution in [0.2, 0.25) is 4.47 Å². The van der Waals surface area contributed by atoms with E-state index in [0.717, 1.165) is 12.2 Å². The van der Waals surface area contributed by atoms with Crippen LogP contribution in [0.1, 0.15) is 13.3 Å². The maximum Gasteiger partial charge on any atom is 0.185 e. The second-order valence-corrected chi connectivity index (χ2v) is 3.87. The monoisotopic (exact) mass is 206 g/mol. The van der Waals surface area contributed by atoms with Crippen LogP contribution in [0.5, 0.6) is 0 Å². The van der Waals surface area contributed by atoms with Gasteiger partial charge in [0.25, 0.3) is 0 Å². The van der Waals surface area contributed by atoms with Crippen molar-refractivity contribution >= 4 is 28.8 Å². The molecule has 12 heavy (non-hydrogen) atoms. The third-order valence-electron chi connectivity index (χ3n) is 1.47. The first-order valence-corrected chi connectivity index (χ1v) is 5.01. The topological polar surface area (TPSA) is 45.1 Å². The van der Waals surface area contributed by atoms with E-state index in [1.807, 2.05) is 12.3 Å². The average molecular weight is 207 g/mol. The predicted molar refractivity (Wildman–Crippen MR) is 51.9 cm³/mol. The number of anilines is 1. The predicted octanol–water partition coefficient (Wildman–Crippen LogP) is 1.98. The second-order valence-electron chi connectivity index (χ2n) is 2.43. The molecule has 0 radical (unpaired) electrons. The number of nitrogens with one attached hydrogen (secondary N) is 1. The number of hydrogen-bond acceptors (Lipinski definition) is 4. The highest BCUT2D eigenvalue weighted by Gasteiger charge is 2.02. The summed E-state index contributed by atoms with van der Waals surface area (Å²) >= 11 is 6.99. The van der Waals surface area contributed by atoms with Crippen LogP contribution in [0.3, 0.4) is 0 Å². The van der Waals surface area contributed by atoms with Crippen molar-refractivity contribution in [3.63, 3.8) is 0 Å². The molecule has 0 aliphatic heterocycles. The molecule has 0 aliphatic rings. The summed E-state index contributed by atoms with van der Waals surface area (Å²) in [6, 6.07) is 0. The Morgan fingerprint density at radius 2 is 2.58 bits per heavy atom. The summed E-state index contributed by atoms with van der Waals surface area (Å²) in [5.74, 6) is 0.734. The SMILES string of the molecule is CC[C@H](O)CNc1csc(Cl)n1. The smallest absolute Gasteiger partial charge is 0.185 e. The summed E-state index contributed by atoms with van der Waals surface area (Å²) < 4.78 is 0.517. The highest BCUT2D eigenvalue weighted by Crippen LogP contribution is 2.18. The standard InChI is InChI=1S/C7H11ClN2OS/c1-2-5(11)3-9-6-4-12-7(8)10-6/h4-5,9,11H,2-3H2,1H3/t5-/m0/s1. The van der Waals surface area contributed by atoms with Gasteiger partial charge in [0.2, 0.25) is 0 Å². The van der Waals surface area contributed by atoms with Crippen molar-refractivity contribution in [1.82, 2.24) is 4.98 Å². The lowest BCUT2D eigenvalue weighted by atomic mass is 10.3. The van der Waals surface area contributed by atoms with Crippen molar-refractivity contribution in [3.05, 3.63) is 9.85 Å². The quantitative estimate of drug-likeness (QED) is 0.792. The Morgan fingerprint density at radius 3 is 3.08 bits per heavy atom. The number of halogens is 1. The molecule has 0 saturated carbocycles. The Hall–Kier alpha value is -0.320. The Labute approximate surface area is 80.4 Å². The van der Waals surface area contributed by atoms with Gasteiger partial charge in [-0.1, -0.05) is 18.5 Å². The molecule has 0 fully saturated rings. The van der Waals surface area contributed by atoms with Gasteiger partial charge in [-0.3, -0.25) is 0 Å². The third kappa shape index (κ3) is 2.97. The molecule has 68 valence electrons. The van der Waals surface area contributed by atoms with E-state index < -0.39 is 0 Å². The van der Waals surface area contributed by atoms with Crippen molar-refractivity contribution in [2.75, 3.05) is 11.9 Å². The number of aromatic nitrogens is 1. The molecule has 2 N–H and O–H groups in total. The van der Waals surface area contributed by atoms with E-state index in [0.29, 0.717) is 11.0 Å². The lowest BCUT2D eigenvalue weighted by Crippen LogP contribution is -2.18. The van der Waals surface area contributed by atoms with E-state index in [1.165, 1.54) is 11.3 Å². The van der Waals surface area contributed by atoms with Gasteiger partial charge < -0.3 is 10.4 Å². The van der Waals surface area contributed by atoms with E-state index in [2.05, 4.69) is 10.3 Å². The van der Waals surface area contributed by atoms with Crippen LogP contribution >= 0.6 is 22.9 Å². The molecule has 3 nitrogen and oxygen atoms in total. The van der Waals surface area contributed by atoms with Crippen molar-refractivity contribution in [2.24, 2.45) is 0 Å². The minimum atomic E-state index is -0.314. The largest absolute Gasteiger partial charge is 0.391 e. The number of hydrogen-bond donors (Lipinski definition) is 2. The summed E-state index contributed by atoms with van der Waals surface area (Å²) in [7, 11) is 0. The van der Waals surface area contributed by atoms with Crippen molar-refractivity contribution < 1.29 is 5.11 Å². The molecule has 5 heteroatoms. The number of nitrogens with zero attached hydrogens (tertiary/aromatic N) is 1. The normalized spacial score (nSPS) is 12.9. The molecule has 0 spiro atoms. The molecule has 0 saturated heterocycles. The maximum absolute atomic E-state index is 9.21. The van der Waals surface area contributed by atoms with Crippen LogP contribution in [-0.4, -0.2) is 22.7 Å². The van der Waals surface area contributed by atoms with E-state index >= 15 is 0 Å². The zero-order valence-electron chi connectivity index (χ0n) is 6.75. The molecular weight excluding hydrogens is 196 g/mol. The Balaban J connectivity index is 2.33. The van der Waals surface area contributed by atoms with Crippen LogP contribution in [0.15, 0.2) is 5.38 Å². The zero-order valence-corrected chi connectivity index (χ0v) is 8.32. The molecule has 0 amide bonds. The molecule has 1 heterocycles. The minimum absolute atomic E-state index is 0.314. The first-order valence-electron chi connectivity index (χ1n) is 3.75. The highest BCUT2D eigenvalue weighted by molar-refractivity contribution is 7.14. The van der Waals surface area contributed by atoms with Crippen LogP contribution in [0.4, 0.5) is 5.82 Å². The van der Waals surface area contributed by atoms with Gasteiger partial charge in [0, 0.05) is 11.9 Å². The van der Waals surface area contributed by atoms with Crippen LogP contribution in [0.25, 0.3) is 0 Å². The zero-order chi connectivity index (χ0) is 8.97. The number of rotatable bonds is 4. The van der Waals surface area contributed by atoms with E-state index in [-0.39, 0.29) is 6.10 Å². The van der Waals surface area contributed by atoms with Crippen molar-refractivity contribution in [3.8, 4) is 0 Å². The van der Waals surface area contributed by atoms with Crippen LogP contribution in [0, 0.1) is 0 Å². The number of aliphatic hydroxyl groups excluding tert-OH is 1. The molecule has 1 atom stereocenters. The lowest BCUT2D eigenvalue weighted by Gasteiger charge is -2.07. The first-order chi connectivity index (χ1) is 5.72. The number of aliphatic hydroxyl groups is 1. The van der Waals surface area contributed by atoms with E-state index in [1.54, 1.807) is 0 Å². The second kappa shape index (κ2) is 4.64. The number of thiazole rings is 1. The van der Waals surface area contributed by atoms with Crippen molar-refractivity contribution in [2.45, 2.75) is 19.4 Å². The van der Waals surface area contributed by atoms with Crippen LogP contribution < -0.4 is 5.32 Å². The molecule has 1 aromatic heterocycles. The van der Waals surface area contributed by atoms with Gasteiger partial charge in [-0.15, -0.1) is 11.3 Å². The Kier molecular flexibility index (Phi) is 3.78. The van der Waals surface area contributed by atoms with Gasteiger partial charge in [-0.2, -0.15) is 0 Å². The highest BCUT2D eigenvalue weighted by atomic mass is 35.5. The fourth-order valence-corrected chi connectivity index (χ4v) is 1.42. The third-order valence-corrected chi connectivity index (χ3v) is 2.44. The van der Waals surface area contributed by atoms with Gasteiger partial charge in [0.15, 0.2) is 4.47 Å². The average Bonchev–Trinajstić information content (AvgIpc) is 2.47. The maximum atomic E-state index is 9.21. The van der Waals surface area contributed by atoms with Gasteiger partial charge in [-0.05, 0) is 6.42 Å². The molecule has 1 rings (SSSR count). The van der Waals surface area contributed by atoms with E-state index in [9.17, 15) is 5.11 Å². The fourth-order valence-electron chi connectivity index (χ4n) is 0.700. The first kappa shape index (κ1) is 9.77. The summed E-state index contributed by atoms with van der Waals surface area (Å²) in [5, 5.41) is 14.0. The fraction of sp³-hybridized carbons (Fsp3) is 0.571. The summed E-state index contributed by atoms with van der Waals surface area (Å²) in [6.45, 7) is 2.46. The lowest BCUT2D eigenvalue weighted by molar-refractivity contribution is 0.183. The van der Waals surface area contributed by atoms with Gasteiger partial charge in [-0.25, -0.2) is 4.98 Å². The Bertz CT molecular complexity index is 241. The molecule has 0 bridgehead atoms. The molecule has 0 aliphatic carbocycles. The van der Waals surface area contributed by atoms with Gasteiger partial charge in [0.05, 0.1) is 6.10 Å². The van der Waals surface area contributed by atoms with Gasteiger partial charge >= 0.3 is 0 Å². The van der Waals surface area contributed by atoms with Crippen LogP contribution in [-0.2, 0) is 0 Å². The molecule has 0 aromatic carbocycles. The molecule has 1 aromatic rings. The van der Waals surface area contributed by atoms with E-state index in [4.69, 9.17) is 11.6 Å². The molecule has 0 unspecified atom stereocenters.